The van der Waals surface area contributed by atoms with Gasteiger partial charge in [0.25, 0.3) is 0 Å². The molecule has 0 aromatic heterocycles. The Morgan fingerprint density at radius 2 is 0.800 bits per heavy atom. The van der Waals surface area contributed by atoms with Gasteiger partial charge in [0.2, 0.25) is 11.8 Å². The van der Waals surface area contributed by atoms with Crippen LogP contribution in [0.5, 0.6) is 0 Å². The monoisotopic (exact) mass is 1290 g/mol. The van der Waals surface area contributed by atoms with Crippen molar-refractivity contribution in [3.63, 3.8) is 0 Å². The number of hydrogen-bond donors (Lipinski definition) is 0. The summed E-state index contributed by atoms with van der Waals surface area (Å²) in [7, 11) is 3.75. The summed E-state index contributed by atoms with van der Waals surface area (Å²) in [6.45, 7) is 1.41. The standard InChI is InChI=1S/2C27H20Cl3F2NO.BH.U/c2*28-17-4-2-16(3-5-17)26-20(19-7-6-18(29)12-23(19)30)8-9-21-22(26)14-33(27(21)34)13-15-1-10-24(31)25(32)11-15;;/h2*1-12,20-22,26H,13-14H2;1H;/t20-,21+,22+,26-;20-,21-,22+,26-;;/m00../s1/i;;1D;. The second-order valence-corrected chi connectivity index (χ2v) is 20.2. The molecule has 2 amide bonds. The summed E-state index contributed by atoms with van der Waals surface area (Å²) < 4.78 is 59.5. The van der Waals surface area contributed by atoms with E-state index in [1.165, 1.54) is 12.1 Å². The smallest absolute Gasteiger partial charge is 0.230 e. The van der Waals surface area contributed by atoms with Gasteiger partial charge in [-0.3, -0.25) is 9.59 Å². The number of halogens is 10. The van der Waals surface area contributed by atoms with Gasteiger partial charge in [-0.25, -0.2) is 17.6 Å². The van der Waals surface area contributed by atoms with Crippen LogP contribution in [0.25, 0.3) is 0 Å². The molecule has 2 fully saturated rings. The van der Waals surface area contributed by atoms with Crippen molar-refractivity contribution in [1.29, 1.82) is 1.34 Å². The summed E-state index contributed by atoms with van der Waals surface area (Å²) in [5, 5.41) is 3.53. The van der Waals surface area contributed by atoms with Gasteiger partial charge in [0.1, 0.15) is 0 Å². The fourth-order valence-corrected chi connectivity index (χ4v) is 11.8. The van der Waals surface area contributed by atoms with Crippen LogP contribution in [0, 0.1) is 78.1 Å². The van der Waals surface area contributed by atoms with Gasteiger partial charge >= 0.3 is 0 Å². The van der Waals surface area contributed by atoms with E-state index in [0.717, 1.165) is 46.5 Å². The van der Waals surface area contributed by atoms with Gasteiger partial charge in [0.15, 0.2) is 23.3 Å². The predicted octanol–water partition coefficient (Wildman–Crippen LogP) is 14.6. The molecule has 2 radical (unpaired) electrons. The second-order valence-electron chi connectivity index (χ2n) is 17.6. The van der Waals surface area contributed by atoms with Gasteiger partial charge in [-0.1, -0.05) is 142 Å². The van der Waals surface area contributed by atoms with Gasteiger partial charge in [-0.15, -0.1) is 0 Å². The minimum absolute atomic E-state index is 0. The van der Waals surface area contributed by atoms with E-state index in [4.69, 9.17) is 70.9 Å². The zero-order valence-electron chi connectivity index (χ0n) is 37.9. The molecule has 4 aliphatic rings. The molecule has 0 N–H and O–H groups in total. The molecule has 8 atom stereocenters. The molecule has 2 saturated heterocycles. The summed E-state index contributed by atoms with van der Waals surface area (Å²) in [5.41, 5.74) is 5.09. The van der Waals surface area contributed by atoms with Gasteiger partial charge in [0, 0.05) is 108 Å². The van der Waals surface area contributed by atoms with Crippen molar-refractivity contribution in [1.82, 2.24) is 9.80 Å². The van der Waals surface area contributed by atoms with E-state index in [0.29, 0.717) is 54.4 Å². The Labute approximate surface area is 461 Å². The summed E-state index contributed by atoms with van der Waals surface area (Å²) in [6.07, 6.45) is 8.02. The number of carbonyl (C=O) groups excluding carboxylic acids is 2. The maximum absolute atomic E-state index is 13.7. The third-order valence-electron chi connectivity index (χ3n) is 13.6. The Morgan fingerprint density at radius 1 is 0.457 bits per heavy atom. The van der Waals surface area contributed by atoms with Crippen LogP contribution in [0.3, 0.4) is 0 Å². The van der Waals surface area contributed by atoms with Crippen LogP contribution >= 0.6 is 69.6 Å². The van der Waals surface area contributed by atoms with E-state index in [2.05, 4.69) is 20.5 Å². The van der Waals surface area contributed by atoms with Crippen LogP contribution in [0.4, 0.5) is 17.6 Å². The quantitative estimate of drug-likeness (QED) is 0.0866. The van der Waals surface area contributed by atoms with Crippen molar-refractivity contribution in [3.8, 4) is 0 Å². The van der Waals surface area contributed by atoms with Crippen LogP contribution in [0.1, 0.15) is 57.1 Å². The number of carbonyl (C=O) groups is 2. The largest absolute Gasteiger partial charge is 0.338 e. The molecule has 16 heteroatoms. The van der Waals surface area contributed by atoms with Crippen LogP contribution in [0.2, 0.25) is 30.1 Å². The molecular formula is C54H41BCl6F4N2O2U. The first-order valence-electron chi connectivity index (χ1n) is 22.4. The van der Waals surface area contributed by atoms with Crippen molar-refractivity contribution in [3.05, 3.63) is 232 Å². The Morgan fingerprint density at radius 3 is 1.14 bits per heavy atom. The number of rotatable bonds is 8. The fourth-order valence-electron chi connectivity index (χ4n) is 10.5. The molecule has 70 heavy (non-hydrogen) atoms. The maximum atomic E-state index is 13.7. The third kappa shape index (κ3) is 11.4. The number of nitrogens with zero attached hydrogens (tertiary/aromatic N) is 2. The normalized spacial score (nSPS) is 23.3. The minimum Gasteiger partial charge on any atom is -0.338 e. The Kier molecular flexibility index (Phi) is 17.3. The molecule has 4 nitrogen and oxygen atoms in total. The van der Waals surface area contributed by atoms with E-state index >= 15 is 0 Å². The van der Waals surface area contributed by atoms with E-state index in [9.17, 15) is 27.2 Å². The second kappa shape index (κ2) is 23.0. The number of fused-ring (bicyclic) bond motifs is 2. The molecule has 0 unspecified atom stereocenters. The van der Waals surface area contributed by atoms with Crippen molar-refractivity contribution >= 4 is 89.8 Å². The molecule has 2 aliphatic carbocycles. The molecule has 2 aliphatic heterocycles. The summed E-state index contributed by atoms with van der Waals surface area (Å²) in [6, 6.07) is 33.8. The Hall–Kier alpha value is -3.68. The van der Waals surface area contributed by atoms with Crippen molar-refractivity contribution in [2.75, 3.05) is 13.1 Å². The first-order valence-corrected chi connectivity index (χ1v) is 24.1. The van der Waals surface area contributed by atoms with Crippen molar-refractivity contribution < 1.29 is 58.3 Å². The molecule has 0 saturated carbocycles. The van der Waals surface area contributed by atoms with E-state index in [-0.39, 0.29) is 103 Å². The van der Waals surface area contributed by atoms with Crippen LogP contribution in [-0.4, -0.2) is 44.4 Å². The maximum Gasteiger partial charge on any atom is 0.230 e. The van der Waals surface area contributed by atoms with Crippen LogP contribution < -0.4 is 0 Å². The van der Waals surface area contributed by atoms with E-state index in [1.54, 1.807) is 21.9 Å². The van der Waals surface area contributed by atoms with Gasteiger partial charge < -0.3 is 9.80 Å². The Bertz CT molecular complexity index is 2780. The topological polar surface area (TPSA) is 40.6 Å². The van der Waals surface area contributed by atoms with Crippen molar-refractivity contribution in [2.24, 2.45) is 23.7 Å². The third-order valence-corrected chi connectivity index (χ3v) is 15.2. The molecule has 0 bridgehead atoms. The average molecular weight is 1290 g/mol. The zero-order valence-corrected chi connectivity index (χ0v) is 45.6. The van der Waals surface area contributed by atoms with Gasteiger partial charge in [0.05, 0.1) is 11.8 Å². The Balaban J connectivity index is 0.000000199. The fraction of sp³-hybridized carbons (Fsp3) is 0.222. The molecular weight excluding hydrogens is 1250 g/mol. The molecule has 356 valence electrons. The summed E-state index contributed by atoms with van der Waals surface area (Å²) >= 11 is 37.8. The van der Waals surface area contributed by atoms with Gasteiger partial charge in [-0.2, -0.15) is 0 Å². The number of benzene rings is 6. The number of hydrogen-bond acceptors (Lipinski definition) is 2. The zero-order chi connectivity index (χ0) is 50.0. The summed E-state index contributed by atoms with van der Waals surface area (Å²) in [4.78, 5) is 30.1. The molecule has 6 aromatic rings. The number of allylic oxidation sites excluding steroid dienone is 2. The molecule has 6 aromatic carbocycles. The first kappa shape index (κ1) is 52.6. The molecule has 0 spiro atoms. The van der Waals surface area contributed by atoms with Gasteiger partial charge in [-0.05, 0) is 131 Å². The van der Waals surface area contributed by atoms with Crippen LogP contribution in [0.15, 0.2) is 146 Å². The summed E-state index contributed by atoms with van der Waals surface area (Å²) in [5.74, 6) is -4.58. The predicted molar refractivity (Wildman–Crippen MR) is 270 cm³/mol. The molecule has 2 heterocycles. The SMILES string of the molecule is O=C1[C@@H]2C=C[C@@H](c3ccc(Cl)cc3Cl)[C@H](c3ccc(Cl)cc3)[C@@H]2CN1Cc1ccc(F)c(F)c1.O=C1[C@H]2C=C[C@@H](c3ccc(Cl)cc3Cl)[C@H](c3ccc(Cl)cc3)[C@@H]2CN1Cc1ccc(F)c(F)c1.[2H][B].[U]. The number of likely N-dealkylation sites (tertiary alicyclic amines) is 2. The molecule has 10 rings (SSSR count). The van der Waals surface area contributed by atoms with Crippen LogP contribution in [-0.2, 0) is 22.7 Å². The first-order chi connectivity index (χ1) is 33.6. The van der Waals surface area contributed by atoms with Crippen molar-refractivity contribution in [2.45, 2.75) is 36.8 Å². The van der Waals surface area contributed by atoms with E-state index < -0.39 is 23.3 Å². The minimum atomic E-state index is -0.919. The van der Waals surface area contributed by atoms with E-state index in [1.807, 2.05) is 84.9 Å². The number of amides is 2. The average Bonchev–Trinajstić information content (AvgIpc) is 3.83.